The van der Waals surface area contributed by atoms with Gasteiger partial charge in [-0.25, -0.2) is 4.79 Å². The zero-order chi connectivity index (χ0) is 15.0. The molecule has 0 radical (unpaired) electrons. The first kappa shape index (κ1) is 17.3. The molecule has 0 unspecified atom stereocenters. The molecule has 1 rings (SSSR count). The van der Waals surface area contributed by atoms with E-state index in [0.717, 1.165) is 31.2 Å². The highest BCUT2D eigenvalue weighted by molar-refractivity contribution is 5.74. The molecule has 0 aliphatic carbocycles. The van der Waals surface area contributed by atoms with E-state index in [1.165, 1.54) is 32.5 Å². The van der Waals surface area contributed by atoms with E-state index in [4.69, 9.17) is 0 Å². The van der Waals surface area contributed by atoms with Crippen molar-refractivity contribution in [3.8, 4) is 0 Å². The SMILES string of the molecule is CC[C@H](C)NC(=O)NCCCCN1C[C@H](C)C[C@H](C)C1. The molecule has 1 fully saturated rings. The minimum Gasteiger partial charge on any atom is -0.338 e. The summed E-state index contributed by atoms with van der Waals surface area (Å²) in [6, 6.07) is 0.228. The fourth-order valence-corrected chi connectivity index (χ4v) is 3.01. The van der Waals surface area contributed by atoms with Gasteiger partial charge in [-0.2, -0.15) is 0 Å². The minimum atomic E-state index is -0.0282. The molecule has 4 nitrogen and oxygen atoms in total. The van der Waals surface area contributed by atoms with Crippen LogP contribution in [-0.4, -0.2) is 43.2 Å². The van der Waals surface area contributed by atoms with Gasteiger partial charge in [0.25, 0.3) is 0 Å². The van der Waals surface area contributed by atoms with Crippen molar-refractivity contribution in [1.29, 1.82) is 0 Å². The van der Waals surface area contributed by atoms with Gasteiger partial charge < -0.3 is 15.5 Å². The highest BCUT2D eigenvalue weighted by atomic mass is 16.2. The number of hydrogen-bond donors (Lipinski definition) is 2. The maximum atomic E-state index is 11.5. The second kappa shape index (κ2) is 9.22. The molecule has 118 valence electrons. The van der Waals surface area contributed by atoms with Crippen LogP contribution in [0.5, 0.6) is 0 Å². The van der Waals surface area contributed by atoms with Crippen molar-refractivity contribution in [2.24, 2.45) is 11.8 Å². The van der Waals surface area contributed by atoms with Gasteiger partial charge in [-0.15, -0.1) is 0 Å². The summed E-state index contributed by atoms with van der Waals surface area (Å²) in [4.78, 5) is 14.1. The van der Waals surface area contributed by atoms with Gasteiger partial charge >= 0.3 is 6.03 Å². The third-order valence-electron chi connectivity index (χ3n) is 4.12. The van der Waals surface area contributed by atoms with Gasteiger partial charge in [-0.3, -0.25) is 0 Å². The highest BCUT2D eigenvalue weighted by Crippen LogP contribution is 2.20. The summed E-state index contributed by atoms with van der Waals surface area (Å²) in [6.45, 7) is 13.2. The van der Waals surface area contributed by atoms with E-state index in [-0.39, 0.29) is 12.1 Å². The number of unbranched alkanes of at least 4 members (excludes halogenated alkanes) is 1. The Morgan fingerprint density at radius 2 is 1.90 bits per heavy atom. The van der Waals surface area contributed by atoms with Gasteiger partial charge in [0, 0.05) is 25.7 Å². The average molecular weight is 283 g/mol. The molecule has 20 heavy (non-hydrogen) atoms. The Balaban J connectivity index is 2.03. The summed E-state index contributed by atoms with van der Waals surface area (Å²) < 4.78 is 0. The number of nitrogens with zero attached hydrogens (tertiary/aromatic N) is 1. The molecule has 0 aromatic rings. The molecule has 1 aliphatic rings. The Kier molecular flexibility index (Phi) is 7.97. The maximum absolute atomic E-state index is 11.5. The van der Waals surface area contributed by atoms with Crippen LogP contribution in [0, 0.1) is 11.8 Å². The highest BCUT2D eigenvalue weighted by Gasteiger charge is 2.20. The van der Waals surface area contributed by atoms with Gasteiger partial charge in [0.1, 0.15) is 0 Å². The van der Waals surface area contributed by atoms with Crippen molar-refractivity contribution < 1.29 is 4.79 Å². The molecule has 2 amide bonds. The Bertz CT molecular complexity index is 273. The van der Waals surface area contributed by atoms with Gasteiger partial charge in [-0.05, 0) is 51.0 Å². The van der Waals surface area contributed by atoms with Crippen molar-refractivity contribution in [2.45, 2.75) is 59.4 Å². The Hall–Kier alpha value is -0.770. The lowest BCUT2D eigenvalue weighted by Crippen LogP contribution is -2.41. The van der Waals surface area contributed by atoms with Crippen LogP contribution in [0.2, 0.25) is 0 Å². The van der Waals surface area contributed by atoms with E-state index in [0.29, 0.717) is 0 Å². The monoisotopic (exact) mass is 283 g/mol. The van der Waals surface area contributed by atoms with E-state index in [2.05, 4.69) is 36.3 Å². The number of carbonyl (C=O) groups is 1. The first-order valence-corrected chi connectivity index (χ1v) is 8.28. The van der Waals surface area contributed by atoms with Crippen molar-refractivity contribution in [3.05, 3.63) is 0 Å². The van der Waals surface area contributed by atoms with Crippen LogP contribution in [0.3, 0.4) is 0 Å². The lowest BCUT2D eigenvalue weighted by molar-refractivity contribution is 0.139. The van der Waals surface area contributed by atoms with Crippen LogP contribution in [0.4, 0.5) is 4.79 Å². The summed E-state index contributed by atoms with van der Waals surface area (Å²) in [5.41, 5.74) is 0. The summed E-state index contributed by atoms with van der Waals surface area (Å²) in [5, 5.41) is 5.86. The average Bonchev–Trinajstić information content (AvgIpc) is 2.37. The first-order chi connectivity index (χ1) is 9.51. The lowest BCUT2D eigenvalue weighted by Gasteiger charge is -2.34. The van der Waals surface area contributed by atoms with Crippen LogP contribution < -0.4 is 10.6 Å². The predicted octanol–water partition coefficient (Wildman–Crippen LogP) is 2.84. The zero-order valence-electron chi connectivity index (χ0n) is 13.7. The maximum Gasteiger partial charge on any atom is 0.314 e. The number of nitrogens with one attached hydrogen (secondary N) is 2. The number of piperidine rings is 1. The standard InChI is InChI=1S/C16H33N3O/c1-5-15(4)18-16(20)17-8-6-7-9-19-11-13(2)10-14(3)12-19/h13-15H,5-12H2,1-4H3,(H2,17,18,20)/t13-,14+,15-/m0/s1. The fraction of sp³-hybridized carbons (Fsp3) is 0.938. The third-order valence-corrected chi connectivity index (χ3v) is 4.12. The normalized spacial score (nSPS) is 25.2. The third kappa shape index (κ3) is 7.13. The summed E-state index contributed by atoms with van der Waals surface area (Å²) in [5.74, 6) is 1.66. The Labute approximate surface area is 124 Å². The minimum absolute atomic E-state index is 0.0282. The number of rotatable bonds is 7. The molecule has 2 N–H and O–H groups in total. The Morgan fingerprint density at radius 1 is 1.25 bits per heavy atom. The van der Waals surface area contributed by atoms with Gasteiger partial charge in [0.05, 0.1) is 0 Å². The molecule has 3 atom stereocenters. The molecule has 1 aliphatic heterocycles. The quantitative estimate of drug-likeness (QED) is 0.706. The summed E-state index contributed by atoms with van der Waals surface area (Å²) in [6.07, 6.45) is 4.57. The number of carbonyl (C=O) groups excluding carboxylic acids is 1. The molecule has 1 saturated heterocycles. The van der Waals surface area contributed by atoms with Crippen molar-refractivity contribution >= 4 is 6.03 Å². The Morgan fingerprint density at radius 3 is 2.50 bits per heavy atom. The zero-order valence-corrected chi connectivity index (χ0v) is 13.7. The summed E-state index contributed by atoms with van der Waals surface area (Å²) in [7, 11) is 0. The molecule has 0 aromatic heterocycles. The van der Waals surface area contributed by atoms with Crippen molar-refractivity contribution in [1.82, 2.24) is 15.5 Å². The fourth-order valence-electron chi connectivity index (χ4n) is 3.01. The smallest absolute Gasteiger partial charge is 0.314 e. The molecule has 4 heteroatoms. The lowest BCUT2D eigenvalue weighted by atomic mass is 9.92. The second-order valence-electron chi connectivity index (χ2n) is 6.62. The topological polar surface area (TPSA) is 44.4 Å². The van der Waals surface area contributed by atoms with Crippen molar-refractivity contribution in [3.63, 3.8) is 0 Å². The van der Waals surface area contributed by atoms with Gasteiger partial charge in [0.15, 0.2) is 0 Å². The largest absolute Gasteiger partial charge is 0.338 e. The first-order valence-electron chi connectivity index (χ1n) is 8.28. The molecule has 0 aromatic carbocycles. The molecule has 0 saturated carbocycles. The molecule has 0 spiro atoms. The van der Waals surface area contributed by atoms with E-state index in [1.807, 2.05) is 6.92 Å². The van der Waals surface area contributed by atoms with E-state index < -0.39 is 0 Å². The van der Waals surface area contributed by atoms with Crippen LogP contribution in [0.1, 0.15) is 53.4 Å². The van der Waals surface area contributed by atoms with E-state index in [1.54, 1.807) is 0 Å². The molecular formula is C16H33N3O. The van der Waals surface area contributed by atoms with Crippen molar-refractivity contribution in [2.75, 3.05) is 26.2 Å². The van der Waals surface area contributed by atoms with Crippen LogP contribution >= 0.6 is 0 Å². The molecule has 0 bridgehead atoms. The van der Waals surface area contributed by atoms with E-state index in [9.17, 15) is 4.79 Å². The molecular weight excluding hydrogens is 250 g/mol. The number of likely N-dealkylation sites (tertiary alicyclic amines) is 1. The second-order valence-corrected chi connectivity index (χ2v) is 6.62. The van der Waals surface area contributed by atoms with Crippen LogP contribution in [0.15, 0.2) is 0 Å². The number of hydrogen-bond acceptors (Lipinski definition) is 2. The number of urea groups is 1. The van der Waals surface area contributed by atoms with Gasteiger partial charge in [0.2, 0.25) is 0 Å². The molecule has 1 heterocycles. The van der Waals surface area contributed by atoms with Gasteiger partial charge in [-0.1, -0.05) is 20.8 Å². The number of amides is 2. The van der Waals surface area contributed by atoms with Crippen LogP contribution in [0.25, 0.3) is 0 Å². The summed E-state index contributed by atoms with van der Waals surface area (Å²) >= 11 is 0. The van der Waals surface area contributed by atoms with Crippen LogP contribution in [-0.2, 0) is 0 Å². The van der Waals surface area contributed by atoms with E-state index >= 15 is 0 Å². The predicted molar refractivity (Wildman–Crippen MR) is 84.9 cm³/mol.